The first-order valence-corrected chi connectivity index (χ1v) is 6.76. The Labute approximate surface area is 122 Å². The van der Waals surface area contributed by atoms with Crippen molar-refractivity contribution in [3.05, 3.63) is 34.9 Å². The lowest BCUT2D eigenvalue weighted by atomic mass is 10.1. The molecule has 5 nitrogen and oxygen atoms in total. The van der Waals surface area contributed by atoms with Crippen LogP contribution in [-0.4, -0.2) is 42.7 Å². The first-order valence-electron chi connectivity index (χ1n) is 6.38. The molecule has 0 aliphatic carbocycles. The minimum Gasteiger partial charge on any atom is -0.465 e. The van der Waals surface area contributed by atoms with Crippen molar-refractivity contribution in [3.63, 3.8) is 0 Å². The summed E-state index contributed by atoms with van der Waals surface area (Å²) >= 11 is 5.74. The molecule has 0 amide bonds. The maximum atomic E-state index is 11.9. The predicted molar refractivity (Wildman–Crippen MR) is 75.9 cm³/mol. The van der Waals surface area contributed by atoms with E-state index in [0.717, 1.165) is 0 Å². The summed E-state index contributed by atoms with van der Waals surface area (Å²) in [6.45, 7) is 1.86. The average molecular weight is 300 g/mol. The second-order valence-corrected chi connectivity index (χ2v) is 4.56. The lowest BCUT2D eigenvalue weighted by Crippen LogP contribution is -2.41. The molecule has 0 aromatic heterocycles. The van der Waals surface area contributed by atoms with Gasteiger partial charge in [-0.1, -0.05) is 11.6 Å². The molecule has 1 rings (SSSR count). The topological polar surface area (TPSA) is 75.6 Å². The Balaban J connectivity index is 2.41. The summed E-state index contributed by atoms with van der Waals surface area (Å²) in [5, 5.41) is 12.4. The number of nitrogens with one attached hydrogen (secondary N) is 1. The van der Waals surface area contributed by atoms with E-state index in [1.165, 1.54) is 0 Å². The van der Waals surface area contributed by atoms with Gasteiger partial charge in [-0.3, -0.25) is 9.59 Å². The first-order chi connectivity index (χ1) is 9.58. The number of aliphatic hydroxyl groups is 1. The predicted octanol–water partition coefficient (Wildman–Crippen LogP) is 1.43. The maximum absolute atomic E-state index is 11.9. The molecule has 0 fully saturated rings. The lowest BCUT2D eigenvalue weighted by Gasteiger charge is -2.14. The second-order valence-electron chi connectivity index (χ2n) is 4.12. The molecule has 0 saturated carbocycles. The van der Waals surface area contributed by atoms with Crippen molar-refractivity contribution in [1.29, 1.82) is 0 Å². The van der Waals surface area contributed by atoms with E-state index in [0.29, 0.717) is 10.6 Å². The number of benzene rings is 1. The van der Waals surface area contributed by atoms with Crippen molar-refractivity contribution in [1.82, 2.24) is 5.32 Å². The van der Waals surface area contributed by atoms with Crippen LogP contribution in [0.15, 0.2) is 24.3 Å². The zero-order chi connectivity index (χ0) is 15.0. The Morgan fingerprint density at radius 2 is 2.00 bits per heavy atom. The van der Waals surface area contributed by atoms with E-state index in [1.54, 1.807) is 31.2 Å². The highest BCUT2D eigenvalue weighted by Gasteiger charge is 2.18. The van der Waals surface area contributed by atoms with Crippen LogP contribution in [-0.2, 0) is 9.53 Å². The fraction of sp³-hybridized carbons (Fsp3) is 0.429. The van der Waals surface area contributed by atoms with Gasteiger partial charge in [-0.2, -0.15) is 0 Å². The third-order valence-corrected chi connectivity index (χ3v) is 2.91. The Morgan fingerprint density at radius 3 is 2.55 bits per heavy atom. The molecule has 0 heterocycles. The normalized spacial score (nSPS) is 11.9. The van der Waals surface area contributed by atoms with Gasteiger partial charge in [0.1, 0.15) is 6.04 Å². The third-order valence-electron chi connectivity index (χ3n) is 2.66. The van der Waals surface area contributed by atoms with Gasteiger partial charge in [-0.25, -0.2) is 0 Å². The molecule has 110 valence electrons. The number of Topliss-reactive ketones (excluding diaryl/α,β-unsaturated/α-hetero) is 1. The zero-order valence-corrected chi connectivity index (χ0v) is 12.0. The molecular formula is C14H18ClNO4. The molecule has 1 atom stereocenters. The van der Waals surface area contributed by atoms with Gasteiger partial charge in [-0.15, -0.1) is 0 Å². The number of ketones is 1. The molecule has 20 heavy (non-hydrogen) atoms. The smallest absolute Gasteiger partial charge is 0.325 e. The molecule has 2 N–H and O–H groups in total. The molecule has 0 aliphatic rings. The largest absolute Gasteiger partial charge is 0.465 e. The van der Waals surface area contributed by atoms with E-state index >= 15 is 0 Å². The van der Waals surface area contributed by atoms with Crippen LogP contribution in [0.3, 0.4) is 0 Å². The van der Waals surface area contributed by atoms with Crippen molar-refractivity contribution in [2.75, 3.05) is 19.8 Å². The number of hydrogen-bond donors (Lipinski definition) is 2. The van der Waals surface area contributed by atoms with Crippen LogP contribution < -0.4 is 5.32 Å². The molecule has 0 radical (unpaired) electrons. The van der Waals surface area contributed by atoms with E-state index in [4.69, 9.17) is 21.4 Å². The standard InChI is InChI=1S/C14H18ClNO4/c1-2-20-14(19)12(9-17)16-8-7-13(18)10-3-5-11(15)6-4-10/h3-6,12,16-17H,2,7-9H2,1H3/t12-/m0/s1. The average Bonchev–Trinajstić information content (AvgIpc) is 2.44. The van der Waals surface area contributed by atoms with Gasteiger partial charge in [-0.05, 0) is 31.2 Å². The quantitative estimate of drug-likeness (QED) is 0.561. The molecule has 0 aliphatic heterocycles. The Morgan fingerprint density at radius 1 is 1.35 bits per heavy atom. The molecule has 0 unspecified atom stereocenters. The molecule has 6 heteroatoms. The highest BCUT2D eigenvalue weighted by Crippen LogP contribution is 2.10. The van der Waals surface area contributed by atoms with Gasteiger partial charge in [0.2, 0.25) is 0 Å². The van der Waals surface area contributed by atoms with Crippen LogP contribution in [0.5, 0.6) is 0 Å². The molecule has 0 saturated heterocycles. The SMILES string of the molecule is CCOC(=O)[C@H](CO)NCCC(=O)c1ccc(Cl)cc1. The summed E-state index contributed by atoms with van der Waals surface area (Å²) in [5.74, 6) is -0.580. The van der Waals surface area contributed by atoms with Gasteiger partial charge in [0.25, 0.3) is 0 Å². The van der Waals surface area contributed by atoms with E-state index in [-0.39, 0.29) is 32.0 Å². The molecular weight excluding hydrogens is 282 g/mol. The Bertz CT molecular complexity index is 447. The van der Waals surface area contributed by atoms with Crippen LogP contribution in [0.25, 0.3) is 0 Å². The zero-order valence-electron chi connectivity index (χ0n) is 11.3. The number of hydrogen-bond acceptors (Lipinski definition) is 5. The highest BCUT2D eigenvalue weighted by atomic mass is 35.5. The summed E-state index contributed by atoms with van der Waals surface area (Å²) < 4.78 is 4.79. The van der Waals surface area contributed by atoms with E-state index in [2.05, 4.69) is 5.32 Å². The molecule has 1 aromatic carbocycles. The summed E-state index contributed by atoms with van der Waals surface area (Å²) in [7, 11) is 0. The first kappa shape index (κ1) is 16.6. The number of halogens is 1. The minimum absolute atomic E-state index is 0.0604. The lowest BCUT2D eigenvalue weighted by molar-refractivity contribution is -0.146. The summed E-state index contributed by atoms with van der Waals surface area (Å²) in [6.07, 6.45) is 0.220. The Hall–Kier alpha value is -1.43. The third kappa shape index (κ3) is 5.28. The van der Waals surface area contributed by atoms with Crippen LogP contribution >= 0.6 is 11.6 Å². The van der Waals surface area contributed by atoms with E-state index < -0.39 is 12.0 Å². The van der Waals surface area contributed by atoms with Crippen LogP contribution in [0, 0.1) is 0 Å². The maximum Gasteiger partial charge on any atom is 0.325 e. The number of carbonyl (C=O) groups is 2. The van der Waals surface area contributed by atoms with Gasteiger partial charge < -0.3 is 15.2 Å². The molecule has 0 spiro atoms. The minimum atomic E-state index is -0.798. The monoisotopic (exact) mass is 299 g/mol. The van der Waals surface area contributed by atoms with Crippen LogP contribution in [0.2, 0.25) is 5.02 Å². The van der Waals surface area contributed by atoms with E-state index in [9.17, 15) is 9.59 Å². The van der Waals surface area contributed by atoms with Crippen LogP contribution in [0.4, 0.5) is 0 Å². The summed E-state index contributed by atoms with van der Waals surface area (Å²) in [5.41, 5.74) is 0.563. The Kier molecular flexibility index (Phi) is 7.22. The fourth-order valence-electron chi connectivity index (χ4n) is 1.61. The molecule has 1 aromatic rings. The van der Waals surface area contributed by atoms with Crippen molar-refractivity contribution < 1.29 is 19.4 Å². The number of aliphatic hydroxyl groups excluding tert-OH is 1. The van der Waals surface area contributed by atoms with Crippen molar-refractivity contribution in [3.8, 4) is 0 Å². The number of carbonyl (C=O) groups excluding carboxylic acids is 2. The van der Waals surface area contributed by atoms with Gasteiger partial charge >= 0.3 is 5.97 Å². The number of ether oxygens (including phenoxy) is 1. The van der Waals surface area contributed by atoms with E-state index in [1.807, 2.05) is 0 Å². The van der Waals surface area contributed by atoms with Crippen molar-refractivity contribution in [2.45, 2.75) is 19.4 Å². The van der Waals surface area contributed by atoms with Gasteiger partial charge in [0.15, 0.2) is 5.78 Å². The van der Waals surface area contributed by atoms with Crippen LogP contribution in [0.1, 0.15) is 23.7 Å². The van der Waals surface area contributed by atoms with Gasteiger partial charge in [0.05, 0.1) is 13.2 Å². The van der Waals surface area contributed by atoms with Crippen molar-refractivity contribution in [2.24, 2.45) is 0 Å². The highest BCUT2D eigenvalue weighted by molar-refractivity contribution is 6.30. The summed E-state index contributed by atoms with van der Waals surface area (Å²) in [6, 6.07) is 5.81. The number of rotatable bonds is 8. The molecule has 0 bridgehead atoms. The number of esters is 1. The fourth-order valence-corrected chi connectivity index (χ4v) is 1.73. The summed E-state index contributed by atoms with van der Waals surface area (Å²) in [4.78, 5) is 23.3. The van der Waals surface area contributed by atoms with Crippen molar-refractivity contribution >= 4 is 23.4 Å². The van der Waals surface area contributed by atoms with Gasteiger partial charge in [0, 0.05) is 23.6 Å². The second kappa shape index (κ2) is 8.68.